The van der Waals surface area contributed by atoms with E-state index < -0.39 is 0 Å². The Hall–Kier alpha value is -7.30. The highest BCUT2D eigenvalue weighted by atomic mass is 16.3. The van der Waals surface area contributed by atoms with Crippen molar-refractivity contribution in [3.05, 3.63) is 192 Å². The SMILES string of the molecule is CC(C)(C)c1ccc(N(c2ccc(C(C)(C)C)cc2)c2ccc3c(ccc4c5cc6c(cc5oc34)oc3c4ccc(N(c5ccc(C(C)(C)C)cc5)c5ccc(C(C)(C)C)cc5)cc4ccc63)c2)cc1. The van der Waals surface area contributed by atoms with Crippen molar-refractivity contribution < 1.29 is 8.83 Å². The molecule has 4 nitrogen and oxygen atoms in total. The Morgan fingerprint density at radius 3 is 0.814 bits per heavy atom. The summed E-state index contributed by atoms with van der Waals surface area (Å²) in [4.78, 5) is 4.72. The first kappa shape index (κ1) is 45.2. The van der Waals surface area contributed by atoms with Gasteiger partial charge in [-0.1, -0.05) is 144 Å². The molecule has 0 amide bonds. The first-order valence-corrected chi connectivity index (χ1v) is 24.9. The molecule has 2 heterocycles. The molecule has 0 radical (unpaired) electrons. The summed E-state index contributed by atoms with van der Waals surface area (Å²) in [5.74, 6) is 0. The molecule has 11 aromatic rings. The maximum atomic E-state index is 6.82. The van der Waals surface area contributed by atoms with Crippen LogP contribution in [-0.4, -0.2) is 0 Å². The van der Waals surface area contributed by atoms with Crippen LogP contribution in [0.5, 0.6) is 0 Å². The number of rotatable bonds is 6. The molecule has 9 aromatic carbocycles. The molecular weight excluding hydrogens is 853 g/mol. The van der Waals surface area contributed by atoms with Gasteiger partial charge in [0.05, 0.1) is 0 Å². The van der Waals surface area contributed by atoms with E-state index in [1.807, 2.05) is 0 Å². The van der Waals surface area contributed by atoms with Gasteiger partial charge in [0.15, 0.2) is 0 Å². The van der Waals surface area contributed by atoms with Gasteiger partial charge in [0.2, 0.25) is 0 Å². The highest BCUT2D eigenvalue weighted by Crippen LogP contribution is 2.45. The van der Waals surface area contributed by atoms with Crippen LogP contribution in [0.15, 0.2) is 179 Å². The fourth-order valence-corrected chi connectivity index (χ4v) is 10.2. The monoisotopic (exact) mass is 916 g/mol. The first-order valence-electron chi connectivity index (χ1n) is 24.9. The molecule has 0 unspecified atom stereocenters. The van der Waals surface area contributed by atoms with E-state index in [0.29, 0.717) is 0 Å². The molecule has 70 heavy (non-hydrogen) atoms. The molecular formula is C66H64N2O2. The van der Waals surface area contributed by atoms with Crippen molar-refractivity contribution in [3.8, 4) is 0 Å². The number of hydrogen-bond donors (Lipinski definition) is 0. The largest absolute Gasteiger partial charge is 0.455 e. The average Bonchev–Trinajstić information content (AvgIpc) is 3.88. The topological polar surface area (TPSA) is 32.8 Å². The maximum absolute atomic E-state index is 6.82. The summed E-state index contributed by atoms with van der Waals surface area (Å²) in [7, 11) is 0. The standard InChI is InChI=1S/C66H64N2O2/c1-63(2,3)43-15-23-47(24-16-43)67(48-25-17-44(18-26-48)64(4,5)6)51-31-35-53-41(37-51)13-33-55-57-39-58-56-34-14-42-38-52(32-36-54(42)62(56)70-60(58)40-59(57)69-61(53)55)68(49-27-19-45(20-28-49)65(7,8)9)50-29-21-46(22-30-50)66(10,11)12/h13-40H,1-12H3. The molecule has 0 N–H and O–H groups in total. The molecule has 0 aliphatic rings. The lowest BCUT2D eigenvalue weighted by Crippen LogP contribution is -2.14. The minimum atomic E-state index is 0.0666. The summed E-state index contributed by atoms with van der Waals surface area (Å²) < 4.78 is 13.6. The maximum Gasteiger partial charge on any atom is 0.143 e. The smallest absolute Gasteiger partial charge is 0.143 e. The fraction of sp³-hybridized carbons (Fsp3) is 0.242. The fourth-order valence-electron chi connectivity index (χ4n) is 10.2. The Labute approximate surface area is 413 Å². The van der Waals surface area contributed by atoms with Crippen LogP contribution in [0, 0.1) is 0 Å². The average molecular weight is 917 g/mol. The number of anilines is 6. The van der Waals surface area contributed by atoms with E-state index in [1.54, 1.807) is 0 Å². The van der Waals surface area contributed by atoms with Crippen LogP contribution in [0.4, 0.5) is 34.1 Å². The van der Waals surface area contributed by atoms with E-state index in [0.717, 1.165) is 99.5 Å². The van der Waals surface area contributed by atoms with Crippen molar-refractivity contribution in [1.82, 2.24) is 0 Å². The van der Waals surface area contributed by atoms with Gasteiger partial charge in [-0.05, 0) is 158 Å². The normalized spacial score (nSPS) is 12.9. The molecule has 0 atom stereocenters. The molecule has 0 saturated carbocycles. The van der Waals surface area contributed by atoms with Crippen LogP contribution < -0.4 is 9.80 Å². The molecule has 11 rings (SSSR count). The molecule has 0 aliphatic heterocycles. The number of fused-ring (bicyclic) bond motifs is 10. The minimum absolute atomic E-state index is 0.0666. The summed E-state index contributed by atoms with van der Waals surface area (Å²) in [6.07, 6.45) is 0. The van der Waals surface area contributed by atoms with E-state index in [-0.39, 0.29) is 21.7 Å². The number of benzene rings is 9. The van der Waals surface area contributed by atoms with Crippen LogP contribution >= 0.6 is 0 Å². The van der Waals surface area contributed by atoms with Gasteiger partial charge < -0.3 is 18.6 Å². The van der Waals surface area contributed by atoms with Crippen molar-refractivity contribution in [2.45, 2.75) is 105 Å². The lowest BCUT2D eigenvalue weighted by Gasteiger charge is -2.28. The quantitative estimate of drug-likeness (QED) is 0.166. The van der Waals surface area contributed by atoms with Crippen molar-refractivity contribution in [3.63, 3.8) is 0 Å². The summed E-state index contributed by atoms with van der Waals surface area (Å²) in [5, 5.41) is 8.75. The van der Waals surface area contributed by atoms with Crippen molar-refractivity contribution in [2.75, 3.05) is 9.80 Å². The van der Waals surface area contributed by atoms with E-state index >= 15 is 0 Å². The summed E-state index contributed by atoms with van der Waals surface area (Å²) in [6, 6.07) is 62.8. The molecule has 2 aromatic heterocycles. The molecule has 0 fully saturated rings. The molecule has 0 spiro atoms. The Morgan fingerprint density at radius 1 is 0.257 bits per heavy atom. The number of hydrogen-bond acceptors (Lipinski definition) is 4. The lowest BCUT2D eigenvalue weighted by atomic mass is 9.86. The van der Waals surface area contributed by atoms with Crippen molar-refractivity contribution in [2.24, 2.45) is 0 Å². The Kier molecular flexibility index (Phi) is 10.4. The van der Waals surface area contributed by atoms with Crippen LogP contribution in [-0.2, 0) is 21.7 Å². The molecule has 0 bridgehead atoms. The summed E-state index contributed by atoms with van der Waals surface area (Å²) >= 11 is 0. The number of furan rings is 2. The van der Waals surface area contributed by atoms with E-state index in [1.165, 1.54) is 22.3 Å². The van der Waals surface area contributed by atoms with Gasteiger partial charge in [-0.3, -0.25) is 0 Å². The van der Waals surface area contributed by atoms with Gasteiger partial charge in [-0.15, -0.1) is 0 Å². The molecule has 350 valence electrons. The van der Waals surface area contributed by atoms with E-state index in [2.05, 4.69) is 263 Å². The third kappa shape index (κ3) is 7.98. The predicted molar refractivity (Wildman–Crippen MR) is 300 cm³/mol. The minimum Gasteiger partial charge on any atom is -0.455 e. The highest BCUT2D eigenvalue weighted by Gasteiger charge is 2.23. The summed E-state index contributed by atoms with van der Waals surface area (Å²) in [5.41, 5.74) is 15.6. The van der Waals surface area contributed by atoms with Gasteiger partial charge in [-0.25, -0.2) is 0 Å². The second-order valence-corrected chi connectivity index (χ2v) is 23.6. The third-order valence-corrected chi connectivity index (χ3v) is 14.5. The predicted octanol–water partition coefficient (Wildman–Crippen LogP) is 19.9. The zero-order valence-electron chi connectivity index (χ0n) is 42.9. The van der Waals surface area contributed by atoms with Gasteiger partial charge in [0.25, 0.3) is 0 Å². The first-order chi connectivity index (χ1) is 33.2. The van der Waals surface area contributed by atoms with E-state index in [9.17, 15) is 0 Å². The lowest BCUT2D eigenvalue weighted by molar-refractivity contribution is 0.590. The highest BCUT2D eigenvalue weighted by molar-refractivity contribution is 6.22. The van der Waals surface area contributed by atoms with Crippen molar-refractivity contribution >= 4 is 99.5 Å². The second-order valence-electron chi connectivity index (χ2n) is 23.6. The second kappa shape index (κ2) is 16.1. The van der Waals surface area contributed by atoms with Gasteiger partial charge in [0.1, 0.15) is 22.3 Å². The van der Waals surface area contributed by atoms with Gasteiger partial charge >= 0.3 is 0 Å². The third-order valence-electron chi connectivity index (χ3n) is 14.5. The summed E-state index contributed by atoms with van der Waals surface area (Å²) in [6.45, 7) is 27.2. The molecule has 0 aliphatic carbocycles. The van der Waals surface area contributed by atoms with Gasteiger partial charge in [0, 0.05) is 72.5 Å². The zero-order valence-corrected chi connectivity index (χ0v) is 42.9. The Balaban J connectivity index is 0.974. The Bertz CT molecular complexity index is 3400. The van der Waals surface area contributed by atoms with Gasteiger partial charge in [-0.2, -0.15) is 0 Å². The zero-order chi connectivity index (χ0) is 49.1. The van der Waals surface area contributed by atoms with Crippen LogP contribution in [0.2, 0.25) is 0 Å². The molecule has 4 heteroatoms. The van der Waals surface area contributed by atoms with Crippen LogP contribution in [0.1, 0.15) is 105 Å². The van der Waals surface area contributed by atoms with Crippen LogP contribution in [0.25, 0.3) is 65.4 Å². The molecule has 0 saturated heterocycles. The number of nitrogens with zero attached hydrogens (tertiary/aromatic N) is 2. The van der Waals surface area contributed by atoms with E-state index in [4.69, 9.17) is 8.83 Å². The van der Waals surface area contributed by atoms with Crippen molar-refractivity contribution in [1.29, 1.82) is 0 Å². The van der Waals surface area contributed by atoms with Crippen LogP contribution in [0.3, 0.4) is 0 Å². The Morgan fingerprint density at radius 2 is 0.529 bits per heavy atom.